The third kappa shape index (κ3) is 4.45. The summed E-state index contributed by atoms with van der Waals surface area (Å²) in [6.07, 6.45) is 0. The topological polar surface area (TPSA) is 54.1 Å². The molecule has 122 valence electrons. The Morgan fingerprint density at radius 3 is 2.45 bits per heavy atom. The molecular weight excluding hydrogens is 276 g/mol. The molecule has 1 aromatic rings. The molecule has 0 aromatic heterocycles. The molecule has 1 heterocycles. The molecule has 1 unspecified atom stereocenters. The molecule has 2 rings (SSSR count). The van der Waals surface area contributed by atoms with Gasteiger partial charge in [0.25, 0.3) is 0 Å². The maximum atomic E-state index is 6.13. The fourth-order valence-electron chi connectivity index (χ4n) is 2.82. The van der Waals surface area contributed by atoms with E-state index in [1.807, 2.05) is 6.07 Å². The highest BCUT2D eigenvalue weighted by atomic mass is 16.5. The quantitative estimate of drug-likeness (QED) is 0.642. The van der Waals surface area contributed by atoms with Crippen LogP contribution in [-0.2, 0) is 4.74 Å². The molecule has 0 bridgehead atoms. The molecule has 22 heavy (non-hydrogen) atoms. The van der Waals surface area contributed by atoms with Gasteiger partial charge in [-0.3, -0.25) is 9.89 Å². The van der Waals surface area contributed by atoms with E-state index in [4.69, 9.17) is 10.5 Å². The van der Waals surface area contributed by atoms with Gasteiger partial charge in [-0.1, -0.05) is 30.3 Å². The smallest absolute Gasteiger partial charge is 0.191 e. The van der Waals surface area contributed by atoms with Crippen LogP contribution in [0.25, 0.3) is 0 Å². The molecule has 0 amide bonds. The van der Waals surface area contributed by atoms with Crippen LogP contribution in [-0.4, -0.2) is 61.7 Å². The number of aliphatic imine (C=N–C) groups is 1. The largest absolute Gasteiger partial charge is 0.379 e. The van der Waals surface area contributed by atoms with E-state index in [9.17, 15) is 0 Å². The average molecular weight is 304 g/mol. The maximum Gasteiger partial charge on any atom is 0.191 e. The monoisotopic (exact) mass is 304 g/mol. The van der Waals surface area contributed by atoms with Gasteiger partial charge in [0, 0.05) is 26.2 Å². The third-order valence-electron chi connectivity index (χ3n) is 4.18. The minimum atomic E-state index is 0.263. The number of hydrogen-bond donors (Lipinski definition) is 1. The van der Waals surface area contributed by atoms with Gasteiger partial charge >= 0.3 is 0 Å². The van der Waals surface area contributed by atoms with Gasteiger partial charge in [0.2, 0.25) is 0 Å². The lowest BCUT2D eigenvalue weighted by Crippen LogP contribution is -2.41. The molecule has 1 atom stereocenters. The van der Waals surface area contributed by atoms with E-state index in [2.05, 4.69) is 52.9 Å². The molecule has 5 heteroatoms. The summed E-state index contributed by atoms with van der Waals surface area (Å²) >= 11 is 0. The highest BCUT2D eigenvalue weighted by Crippen LogP contribution is 2.22. The fourth-order valence-corrected chi connectivity index (χ4v) is 2.82. The summed E-state index contributed by atoms with van der Waals surface area (Å²) in [4.78, 5) is 9.18. The van der Waals surface area contributed by atoms with Crippen molar-refractivity contribution in [3.8, 4) is 0 Å². The van der Waals surface area contributed by atoms with E-state index in [0.29, 0.717) is 12.5 Å². The minimum Gasteiger partial charge on any atom is -0.379 e. The maximum absolute atomic E-state index is 6.13. The van der Waals surface area contributed by atoms with Crippen LogP contribution in [0, 0.1) is 0 Å². The van der Waals surface area contributed by atoms with E-state index in [-0.39, 0.29) is 6.04 Å². The molecule has 1 aliphatic rings. The highest BCUT2D eigenvalue weighted by molar-refractivity contribution is 5.78. The summed E-state index contributed by atoms with van der Waals surface area (Å²) in [6, 6.07) is 10.8. The lowest BCUT2D eigenvalue weighted by molar-refractivity contribution is 0.0179. The van der Waals surface area contributed by atoms with Crippen molar-refractivity contribution in [1.29, 1.82) is 0 Å². The van der Waals surface area contributed by atoms with E-state index < -0.39 is 0 Å². The zero-order chi connectivity index (χ0) is 15.8. The summed E-state index contributed by atoms with van der Waals surface area (Å²) < 4.78 is 5.47. The van der Waals surface area contributed by atoms with Gasteiger partial charge in [0.05, 0.1) is 25.8 Å². The van der Waals surface area contributed by atoms with Crippen LogP contribution >= 0.6 is 0 Å². The molecule has 0 radical (unpaired) electrons. The summed E-state index contributed by atoms with van der Waals surface area (Å²) in [5, 5.41) is 0. The Balaban J connectivity index is 2.12. The molecule has 0 aliphatic carbocycles. The molecular formula is C17H28N4O. The van der Waals surface area contributed by atoms with Gasteiger partial charge < -0.3 is 15.4 Å². The van der Waals surface area contributed by atoms with Crippen LogP contribution in [0.2, 0.25) is 0 Å². The molecule has 1 saturated heterocycles. The first-order valence-electron chi connectivity index (χ1n) is 8.17. The Morgan fingerprint density at radius 2 is 1.86 bits per heavy atom. The standard InChI is InChI=1S/C17H28N4O/c1-3-20(4-2)17(18)19-14-16(15-8-6-5-7-9-15)21-10-12-22-13-11-21/h5-9,16H,3-4,10-14H2,1-2H3,(H2,18,19). The Labute approximate surface area is 133 Å². The SMILES string of the molecule is CCN(CC)C(N)=NCC(c1ccccc1)N1CCOCC1. The number of morpholine rings is 1. The number of nitrogens with two attached hydrogens (primary N) is 1. The van der Waals surface area contributed by atoms with Crippen LogP contribution in [0.4, 0.5) is 0 Å². The van der Waals surface area contributed by atoms with E-state index in [1.165, 1.54) is 5.56 Å². The second-order valence-corrected chi connectivity index (χ2v) is 5.45. The summed E-state index contributed by atoms with van der Waals surface area (Å²) in [7, 11) is 0. The van der Waals surface area contributed by atoms with Gasteiger partial charge in [-0.25, -0.2) is 0 Å². The van der Waals surface area contributed by atoms with Gasteiger partial charge in [-0.2, -0.15) is 0 Å². The summed E-state index contributed by atoms with van der Waals surface area (Å²) in [5.41, 5.74) is 7.42. The Hall–Kier alpha value is -1.59. The van der Waals surface area contributed by atoms with E-state index in [0.717, 1.165) is 39.4 Å². The lowest BCUT2D eigenvalue weighted by atomic mass is 10.1. The highest BCUT2D eigenvalue weighted by Gasteiger charge is 2.22. The van der Waals surface area contributed by atoms with Crippen molar-refractivity contribution in [3.05, 3.63) is 35.9 Å². The summed E-state index contributed by atoms with van der Waals surface area (Å²) in [5.74, 6) is 0.638. The van der Waals surface area contributed by atoms with Crippen LogP contribution in [0.5, 0.6) is 0 Å². The normalized spacial score (nSPS) is 18.2. The van der Waals surface area contributed by atoms with Gasteiger partial charge in [-0.05, 0) is 19.4 Å². The van der Waals surface area contributed by atoms with E-state index >= 15 is 0 Å². The van der Waals surface area contributed by atoms with Gasteiger partial charge in [-0.15, -0.1) is 0 Å². The predicted molar refractivity (Wildman–Crippen MR) is 91.0 cm³/mol. The minimum absolute atomic E-state index is 0.263. The van der Waals surface area contributed by atoms with Crippen molar-refractivity contribution >= 4 is 5.96 Å². The zero-order valence-corrected chi connectivity index (χ0v) is 13.7. The first kappa shape index (κ1) is 16.8. The van der Waals surface area contributed by atoms with Gasteiger partial charge in [0.15, 0.2) is 5.96 Å². The van der Waals surface area contributed by atoms with Crippen molar-refractivity contribution < 1.29 is 4.74 Å². The van der Waals surface area contributed by atoms with Crippen LogP contribution in [0.1, 0.15) is 25.5 Å². The van der Waals surface area contributed by atoms with Crippen molar-refractivity contribution in [1.82, 2.24) is 9.80 Å². The zero-order valence-electron chi connectivity index (χ0n) is 13.7. The van der Waals surface area contributed by atoms with Crippen molar-refractivity contribution in [3.63, 3.8) is 0 Å². The molecule has 1 aromatic carbocycles. The number of guanidine groups is 1. The number of nitrogens with zero attached hydrogens (tertiary/aromatic N) is 3. The second-order valence-electron chi connectivity index (χ2n) is 5.45. The Morgan fingerprint density at radius 1 is 1.23 bits per heavy atom. The molecule has 2 N–H and O–H groups in total. The Bertz CT molecular complexity index is 453. The van der Waals surface area contributed by atoms with Crippen LogP contribution < -0.4 is 5.73 Å². The average Bonchev–Trinajstić information content (AvgIpc) is 2.58. The van der Waals surface area contributed by atoms with Crippen LogP contribution in [0.15, 0.2) is 35.3 Å². The second kappa shape index (κ2) is 8.76. The molecule has 0 saturated carbocycles. The predicted octanol–water partition coefficient (Wildman–Crippen LogP) is 1.72. The molecule has 1 aliphatic heterocycles. The molecule has 5 nitrogen and oxygen atoms in total. The first-order chi connectivity index (χ1) is 10.8. The van der Waals surface area contributed by atoms with Crippen molar-refractivity contribution in [2.45, 2.75) is 19.9 Å². The Kier molecular flexibility index (Phi) is 6.68. The number of benzene rings is 1. The van der Waals surface area contributed by atoms with Crippen LogP contribution in [0.3, 0.4) is 0 Å². The number of rotatable bonds is 6. The van der Waals surface area contributed by atoms with Crippen molar-refractivity contribution in [2.75, 3.05) is 45.9 Å². The van der Waals surface area contributed by atoms with Gasteiger partial charge in [0.1, 0.15) is 0 Å². The summed E-state index contributed by atoms with van der Waals surface area (Å²) in [6.45, 7) is 10.1. The number of ether oxygens (including phenoxy) is 1. The van der Waals surface area contributed by atoms with Crippen molar-refractivity contribution in [2.24, 2.45) is 10.7 Å². The number of hydrogen-bond acceptors (Lipinski definition) is 3. The third-order valence-corrected chi connectivity index (χ3v) is 4.18. The van der Waals surface area contributed by atoms with E-state index in [1.54, 1.807) is 0 Å². The first-order valence-corrected chi connectivity index (χ1v) is 8.17. The molecule has 0 spiro atoms. The molecule has 1 fully saturated rings. The lowest BCUT2D eigenvalue weighted by Gasteiger charge is -2.34. The fraction of sp³-hybridized carbons (Fsp3) is 0.588.